The summed E-state index contributed by atoms with van der Waals surface area (Å²) in [5.41, 5.74) is 2.62. The summed E-state index contributed by atoms with van der Waals surface area (Å²) >= 11 is 0. The van der Waals surface area contributed by atoms with Crippen LogP contribution in [0.5, 0.6) is 0 Å². The summed E-state index contributed by atoms with van der Waals surface area (Å²) in [4.78, 5) is 0. The molecule has 0 bridgehead atoms. The van der Waals surface area contributed by atoms with E-state index >= 15 is 0 Å². The van der Waals surface area contributed by atoms with Gasteiger partial charge in [0.15, 0.2) is 0 Å². The number of aliphatic hydroxyl groups excluding tert-OH is 1. The predicted molar refractivity (Wildman–Crippen MR) is 58.2 cm³/mol. The molecule has 1 aliphatic carbocycles. The van der Waals surface area contributed by atoms with E-state index in [0.717, 1.165) is 12.8 Å². The van der Waals surface area contributed by atoms with Crippen molar-refractivity contribution in [2.24, 2.45) is 0 Å². The Labute approximate surface area is 85.1 Å². The van der Waals surface area contributed by atoms with E-state index in [1.54, 1.807) is 0 Å². The van der Waals surface area contributed by atoms with E-state index < -0.39 is 0 Å². The topological polar surface area (TPSA) is 20.2 Å². The summed E-state index contributed by atoms with van der Waals surface area (Å²) in [6, 6.07) is 10.3. The largest absolute Gasteiger partial charge is 0.395 e. The first kappa shape index (κ1) is 9.47. The highest BCUT2D eigenvalue weighted by Gasteiger charge is 2.48. The number of allylic oxidation sites excluding steroid dienone is 1. The SMILES string of the molecule is CC/C=C1\C[C@@]1(CO)c1ccccc1. The maximum absolute atomic E-state index is 9.47. The average Bonchev–Trinajstić information content (AvgIpc) is 2.95. The monoisotopic (exact) mass is 188 g/mol. The van der Waals surface area contributed by atoms with Crippen LogP contribution in [0.15, 0.2) is 42.0 Å². The maximum atomic E-state index is 9.47. The van der Waals surface area contributed by atoms with Crippen molar-refractivity contribution < 1.29 is 5.11 Å². The molecule has 0 aromatic heterocycles. The molecule has 0 spiro atoms. The van der Waals surface area contributed by atoms with Crippen LogP contribution >= 0.6 is 0 Å². The molecule has 1 fully saturated rings. The molecule has 0 radical (unpaired) electrons. The molecular weight excluding hydrogens is 172 g/mol. The van der Waals surface area contributed by atoms with Crippen molar-refractivity contribution in [2.75, 3.05) is 6.61 Å². The molecule has 1 atom stereocenters. The smallest absolute Gasteiger partial charge is 0.0568 e. The van der Waals surface area contributed by atoms with Crippen molar-refractivity contribution in [3.05, 3.63) is 47.5 Å². The van der Waals surface area contributed by atoms with Gasteiger partial charge in [0, 0.05) is 5.41 Å². The van der Waals surface area contributed by atoms with E-state index in [9.17, 15) is 5.11 Å². The van der Waals surface area contributed by atoms with Crippen LogP contribution in [0, 0.1) is 0 Å². The van der Waals surface area contributed by atoms with Crippen molar-refractivity contribution in [1.82, 2.24) is 0 Å². The summed E-state index contributed by atoms with van der Waals surface area (Å²) < 4.78 is 0. The van der Waals surface area contributed by atoms with Crippen molar-refractivity contribution in [3.8, 4) is 0 Å². The van der Waals surface area contributed by atoms with Crippen LogP contribution in [0.2, 0.25) is 0 Å². The molecule has 1 aliphatic rings. The van der Waals surface area contributed by atoms with E-state index in [1.165, 1.54) is 11.1 Å². The molecule has 0 aliphatic heterocycles. The third kappa shape index (κ3) is 1.38. The Morgan fingerprint density at radius 1 is 1.36 bits per heavy atom. The Kier molecular flexibility index (Phi) is 2.42. The van der Waals surface area contributed by atoms with Gasteiger partial charge in [0.05, 0.1) is 6.61 Å². The van der Waals surface area contributed by atoms with Gasteiger partial charge in [-0.15, -0.1) is 0 Å². The van der Waals surface area contributed by atoms with Crippen LogP contribution < -0.4 is 0 Å². The van der Waals surface area contributed by atoms with E-state index in [0.29, 0.717) is 0 Å². The molecule has 1 saturated carbocycles. The summed E-state index contributed by atoms with van der Waals surface area (Å²) in [6.45, 7) is 2.38. The van der Waals surface area contributed by atoms with Crippen LogP contribution in [0.25, 0.3) is 0 Å². The Morgan fingerprint density at radius 2 is 2.07 bits per heavy atom. The molecule has 0 unspecified atom stereocenters. The van der Waals surface area contributed by atoms with Crippen LogP contribution in [-0.2, 0) is 5.41 Å². The zero-order chi connectivity index (χ0) is 10.0. The summed E-state index contributed by atoms with van der Waals surface area (Å²) in [5.74, 6) is 0. The van der Waals surface area contributed by atoms with Crippen LogP contribution in [0.4, 0.5) is 0 Å². The second-order valence-corrected chi connectivity index (χ2v) is 3.92. The molecule has 2 rings (SSSR count). The lowest BCUT2D eigenvalue weighted by atomic mass is 9.96. The van der Waals surface area contributed by atoms with E-state index in [-0.39, 0.29) is 12.0 Å². The van der Waals surface area contributed by atoms with Crippen molar-refractivity contribution >= 4 is 0 Å². The predicted octanol–water partition coefficient (Wildman–Crippen LogP) is 2.66. The molecule has 1 N–H and O–H groups in total. The zero-order valence-electron chi connectivity index (χ0n) is 8.53. The molecule has 1 aromatic carbocycles. The van der Waals surface area contributed by atoms with E-state index in [1.807, 2.05) is 18.2 Å². The number of hydrogen-bond donors (Lipinski definition) is 1. The Hall–Kier alpha value is -1.08. The lowest BCUT2D eigenvalue weighted by molar-refractivity contribution is 0.261. The van der Waals surface area contributed by atoms with Crippen LogP contribution in [0.1, 0.15) is 25.3 Å². The van der Waals surface area contributed by atoms with E-state index in [4.69, 9.17) is 0 Å². The Morgan fingerprint density at radius 3 is 2.64 bits per heavy atom. The molecule has 0 amide bonds. The second kappa shape index (κ2) is 3.58. The zero-order valence-corrected chi connectivity index (χ0v) is 8.53. The normalized spacial score (nSPS) is 28.0. The molecule has 1 nitrogen and oxygen atoms in total. The van der Waals surface area contributed by atoms with Gasteiger partial charge in [-0.05, 0) is 18.4 Å². The quantitative estimate of drug-likeness (QED) is 0.723. The van der Waals surface area contributed by atoms with Crippen LogP contribution in [0.3, 0.4) is 0 Å². The summed E-state index contributed by atoms with van der Waals surface area (Å²) in [7, 11) is 0. The minimum Gasteiger partial charge on any atom is -0.395 e. The van der Waals surface area contributed by atoms with Crippen molar-refractivity contribution in [3.63, 3.8) is 0 Å². The molecule has 0 saturated heterocycles. The molecule has 14 heavy (non-hydrogen) atoms. The van der Waals surface area contributed by atoms with Gasteiger partial charge in [0.2, 0.25) is 0 Å². The lowest BCUT2D eigenvalue weighted by Crippen LogP contribution is -2.12. The fraction of sp³-hybridized carbons (Fsp3) is 0.385. The van der Waals surface area contributed by atoms with Crippen molar-refractivity contribution in [2.45, 2.75) is 25.2 Å². The third-order valence-corrected chi connectivity index (χ3v) is 3.03. The lowest BCUT2D eigenvalue weighted by Gasteiger charge is -2.11. The highest BCUT2D eigenvalue weighted by atomic mass is 16.3. The molecule has 1 aromatic rings. The fourth-order valence-corrected chi connectivity index (χ4v) is 2.09. The van der Waals surface area contributed by atoms with Gasteiger partial charge in [-0.2, -0.15) is 0 Å². The van der Waals surface area contributed by atoms with Gasteiger partial charge >= 0.3 is 0 Å². The standard InChI is InChI=1S/C13H16O/c1-2-6-12-9-13(12,10-14)11-7-4-3-5-8-11/h3-8,14H,2,9-10H2,1H3/b12-6+/t13-/m1/s1. The molecule has 1 heteroatoms. The summed E-state index contributed by atoms with van der Waals surface area (Å²) in [6.07, 6.45) is 4.33. The van der Waals surface area contributed by atoms with Gasteiger partial charge in [0.25, 0.3) is 0 Å². The number of hydrogen-bond acceptors (Lipinski definition) is 1. The van der Waals surface area contributed by atoms with E-state index in [2.05, 4.69) is 25.1 Å². The highest BCUT2D eigenvalue weighted by molar-refractivity contribution is 5.49. The third-order valence-electron chi connectivity index (χ3n) is 3.03. The molecule has 74 valence electrons. The van der Waals surface area contributed by atoms with Crippen LogP contribution in [-0.4, -0.2) is 11.7 Å². The number of benzene rings is 1. The molecular formula is C13H16O. The first-order valence-electron chi connectivity index (χ1n) is 5.19. The average molecular weight is 188 g/mol. The Balaban J connectivity index is 2.30. The Bertz CT molecular complexity index is 340. The van der Waals surface area contributed by atoms with Gasteiger partial charge < -0.3 is 5.11 Å². The minimum absolute atomic E-state index is 0.0305. The van der Waals surface area contributed by atoms with Gasteiger partial charge in [0.1, 0.15) is 0 Å². The summed E-state index contributed by atoms with van der Waals surface area (Å²) in [5, 5.41) is 9.47. The first-order valence-corrected chi connectivity index (χ1v) is 5.19. The molecule has 0 heterocycles. The minimum atomic E-state index is -0.0305. The van der Waals surface area contributed by atoms with Crippen molar-refractivity contribution in [1.29, 1.82) is 0 Å². The van der Waals surface area contributed by atoms with Gasteiger partial charge in [-0.1, -0.05) is 48.9 Å². The fourth-order valence-electron chi connectivity index (χ4n) is 2.09. The van der Waals surface area contributed by atoms with Gasteiger partial charge in [-0.3, -0.25) is 0 Å². The second-order valence-electron chi connectivity index (χ2n) is 3.92. The highest BCUT2D eigenvalue weighted by Crippen LogP contribution is 2.53. The number of aliphatic hydroxyl groups is 1. The maximum Gasteiger partial charge on any atom is 0.0568 e. The first-order chi connectivity index (χ1) is 6.83. The number of rotatable bonds is 3. The van der Waals surface area contributed by atoms with Gasteiger partial charge in [-0.25, -0.2) is 0 Å².